The first-order valence-electron chi connectivity index (χ1n) is 13.5. The molecule has 0 aliphatic heterocycles. The SMILES string of the molecule is COC(=O)Nc1cnc(-c2ccccc2)n(CC(=O)N[C@H](C(=O)c2nnc(C(C)(C)c3cccc(F)c3F)o2)C(C)C)c1=O. The van der Waals surface area contributed by atoms with Gasteiger partial charge >= 0.3 is 6.09 Å². The Morgan fingerprint density at radius 1 is 1.05 bits per heavy atom. The van der Waals surface area contributed by atoms with Gasteiger partial charge in [0.05, 0.1) is 24.8 Å². The first-order valence-corrected chi connectivity index (χ1v) is 13.5. The lowest BCUT2D eigenvalue weighted by Crippen LogP contribution is -2.46. The lowest BCUT2D eigenvalue weighted by atomic mass is 9.84. The fraction of sp³-hybridized carbons (Fsp3) is 0.300. The highest BCUT2D eigenvalue weighted by molar-refractivity contribution is 5.98. The van der Waals surface area contributed by atoms with Crippen molar-refractivity contribution in [3.05, 3.63) is 94.1 Å². The van der Waals surface area contributed by atoms with E-state index in [1.165, 1.54) is 26.0 Å². The summed E-state index contributed by atoms with van der Waals surface area (Å²) in [4.78, 5) is 56.1. The largest absolute Gasteiger partial charge is 0.453 e. The Labute approximate surface area is 250 Å². The summed E-state index contributed by atoms with van der Waals surface area (Å²) in [5.41, 5.74) is -1.78. The summed E-state index contributed by atoms with van der Waals surface area (Å²) in [7, 11) is 1.13. The average Bonchev–Trinajstić information content (AvgIpc) is 3.51. The molecule has 230 valence electrons. The predicted octanol–water partition coefficient (Wildman–Crippen LogP) is 4.10. The normalized spacial score (nSPS) is 12.1. The Morgan fingerprint density at radius 3 is 2.41 bits per heavy atom. The van der Waals surface area contributed by atoms with Crippen LogP contribution in [0.15, 0.2) is 63.9 Å². The highest BCUT2D eigenvalue weighted by atomic mass is 19.2. The minimum absolute atomic E-state index is 0.0500. The van der Waals surface area contributed by atoms with E-state index in [0.29, 0.717) is 5.56 Å². The van der Waals surface area contributed by atoms with E-state index >= 15 is 0 Å². The number of hydrogen-bond acceptors (Lipinski definition) is 9. The van der Waals surface area contributed by atoms with Crippen LogP contribution in [0.5, 0.6) is 0 Å². The number of hydrogen-bond donors (Lipinski definition) is 2. The number of Topliss-reactive ketones (excluding diaryl/α,β-unsaturated/α-hetero) is 1. The van der Waals surface area contributed by atoms with Crippen LogP contribution in [-0.4, -0.2) is 50.7 Å². The highest BCUT2D eigenvalue weighted by Gasteiger charge is 2.36. The molecule has 12 nitrogen and oxygen atoms in total. The van der Waals surface area contributed by atoms with E-state index in [9.17, 15) is 28.0 Å². The van der Waals surface area contributed by atoms with Gasteiger partial charge in [-0.2, -0.15) is 0 Å². The van der Waals surface area contributed by atoms with E-state index in [-0.39, 0.29) is 23.0 Å². The summed E-state index contributed by atoms with van der Waals surface area (Å²) >= 11 is 0. The maximum atomic E-state index is 14.5. The van der Waals surface area contributed by atoms with Crippen molar-refractivity contribution in [1.29, 1.82) is 0 Å². The molecule has 0 bridgehead atoms. The second kappa shape index (κ2) is 12.9. The molecule has 0 unspecified atom stereocenters. The average molecular weight is 609 g/mol. The van der Waals surface area contributed by atoms with Crippen molar-refractivity contribution >= 4 is 23.5 Å². The highest BCUT2D eigenvalue weighted by Crippen LogP contribution is 2.33. The Bertz CT molecular complexity index is 1750. The second-order valence-electron chi connectivity index (χ2n) is 10.7. The molecule has 0 spiro atoms. The number of nitrogens with one attached hydrogen (secondary N) is 2. The molecule has 2 amide bonds. The zero-order chi connectivity index (χ0) is 32.2. The standard InChI is InChI=1S/C30H30F2N6O6/c1-16(2)23(24(40)26-36-37-28(44-26)30(3,4)18-12-9-13-19(31)22(18)32)35-21(39)15-38-25(17-10-7-6-8-11-17)33-14-20(27(38)41)34-29(42)43-5/h6-14,16,23H,15H2,1-5H3,(H,34,42)(H,35,39)/t23-/m0/s1. The first kappa shape index (κ1) is 31.7. The number of carbonyl (C=O) groups is 3. The molecular formula is C30H30F2N6O6. The Balaban J connectivity index is 1.61. The van der Waals surface area contributed by atoms with E-state index in [0.717, 1.165) is 23.9 Å². The minimum Gasteiger partial charge on any atom is -0.453 e. The van der Waals surface area contributed by atoms with Gasteiger partial charge in [0.1, 0.15) is 18.1 Å². The van der Waals surface area contributed by atoms with Crippen molar-refractivity contribution in [2.24, 2.45) is 5.92 Å². The van der Waals surface area contributed by atoms with Crippen LogP contribution in [0.25, 0.3) is 11.4 Å². The number of methoxy groups -OCH3 is 1. The van der Waals surface area contributed by atoms with Gasteiger partial charge in [-0.1, -0.05) is 56.3 Å². The molecule has 0 aliphatic carbocycles. The van der Waals surface area contributed by atoms with Crippen molar-refractivity contribution < 1.29 is 32.3 Å². The lowest BCUT2D eigenvalue weighted by Gasteiger charge is -2.22. The Kier molecular flexibility index (Phi) is 9.31. The molecule has 0 aliphatic rings. The number of ether oxygens (including phenoxy) is 1. The van der Waals surface area contributed by atoms with Crippen LogP contribution in [0, 0.1) is 17.6 Å². The summed E-state index contributed by atoms with van der Waals surface area (Å²) in [6, 6.07) is 11.1. The van der Waals surface area contributed by atoms with Gasteiger partial charge in [-0.15, -0.1) is 10.2 Å². The number of ketones is 1. The molecule has 0 radical (unpaired) electrons. The molecule has 1 atom stereocenters. The van der Waals surface area contributed by atoms with Crippen molar-refractivity contribution in [3.8, 4) is 11.4 Å². The second-order valence-corrected chi connectivity index (χ2v) is 10.7. The minimum atomic E-state index is -1.29. The third kappa shape index (κ3) is 6.53. The molecular weight excluding hydrogens is 578 g/mol. The van der Waals surface area contributed by atoms with E-state index in [2.05, 4.69) is 30.6 Å². The van der Waals surface area contributed by atoms with Crippen molar-refractivity contribution in [2.75, 3.05) is 12.4 Å². The fourth-order valence-corrected chi connectivity index (χ4v) is 4.41. The van der Waals surface area contributed by atoms with Crippen LogP contribution in [0.1, 0.15) is 49.8 Å². The number of anilines is 1. The number of carbonyl (C=O) groups excluding carboxylic acids is 3. The maximum absolute atomic E-state index is 14.5. The molecule has 2 heterocycles. The third-order valence-electron chi connectivity index (χ3n) is 6.86. The first-order chi connectivity index (χ1) is 20.8. The van der Waals surface area contributed by atoms with Gasteiger partial charge in [0, 0.05) is 11.1 Å². The molecule has 2 aromatic heterocycles. The monoisotopic (exact) mass is 608 g/mol. The molecule has 0 saturated heterocycles. The summed E-state index contributed by atoms with van der Waals surface area (Å²) < 4.78 is 39.7. The lowest BCUT2D eigenvalue weighted by molar-refractivity contribution is -0.122. The summed E-state index contributed by atoms with van der Waals surface area (Å²) in [5.74, 6) is -4.50. The van der Waals surface area contributed by atoms with Crippen LogP contribution in [-0.2, 0) is 21.5 Å². The van der Waals surface area contributed by atoms with Crippen LogP contribution in [0.3, 0.4) is 0 Å². The van der Waals surface area contributed by atoms with Gasteiger partial charge in [-0.05, 0) is 25.8 Å². The van der Waals surface area contributed by atoms with E-state index in [1.807, 2.05) is 0 Å². The zero-order valence-electron chi connectivity index (χ0n) is 24.6. The number of nitrogens with zero attached hydrogens (tertiary/aromatic N) is 4. The summed E-state index contributed by atoms with van der Waals surface area (Å²) in [6.45, 7) is 5.86. The maximum Gasteiger partial charge on any atom is 0.411 e. The number of benzene rings is 2. The van der Waals surface area contributed by atoms with Crippen LogP contribution in [0.4, 0.5) is 19.3 Å². The summed E-state index contributed by atoms with van der Waals surface area (Å²) in [5, 5.41) is 12.6. The number of amides is 2. The van der Waals surface area contributed by atoms with Gasteiger partial charge < -0.3 is 14.5 Å². The van der Waals surface area contributed by atoms with Gasteiger partial charge in [-0.25, -0.2) is 18.6 Å². The molecule has 44 heavy (non-hydrogen) atoms. The quantitative estimate of drug-likeness (QED) is 0.253. The van der Waals surface area contributed by atoms with E-state index in [4.69, 9.17) is 4.42 Å². The van der Waals surface area contributed by atoms with Crippen molar-refractivity contribution in [1.82, 2.24) is 25.1 Å². The Morgan fingerprint density at radius 2 is 1.75 bits per heavy atom. The molecule has 2 N–H and O–H groups in total. The predicted molar refractivity (Wildman–Crippen MR) is 154 cm³/mol. The molecule has 14 heteroatoms. The van der Waals surface area contributed by atoms with Crippen LogP contribution >= 0.6 is 0 Å². The molecule has 4 rings (SSSR count). The number of rotatable bonds is 10. The fourth-order valence-electron chi connectivity index (χ4n) is 4.41. The molecule has 0 fully saturated rings. The van der Waals surface area contributed by atoms with Crippen LogP contribution < -0.4 is 16.2 Å². The van der Waals surface area contributed by atoms with Gasteiger partial charge in [-0.3, -0.25) is 24.3 Å². The van der Waals surface area contributed by atoms with Gasteiger partial charge in [0.2, 0.25) is 17.6 Å². The zero-order valence-corrected chi connectivity index (χ0v) is 24.6. The number of halogens is 2. The number of aromatic nitrogens is 4. The topological polar surface area (TPSA) is 158 Å². The van der Waals surface area contributed by atoms with Gasteiger partial charge in [0.25, 0.3) is 11.4 Å². The van der Waals surface area contributed by atoms with Crippen LogP contribution in [0.2, 0.25) is 0 Å². The Hall–Kier alpha value is -5.27. The van der Waals surface area contributed by atoms with E-state index < -0.39 is 64.8 Å². The van der Waals surface area contributed by atoms with Crippen molar-refractivity contribution in [2.45, 2.75) is 45.7 Å². The smallest absolute Gasteiger partial charge is 0.411 e. The molecule has 0 saturated carbocycles. The van der Waals surface area contributed by atoms with Gasteiger partial charge in [0.15, 0.2) is 11.6 Å². The summed E-state index contributed by atoms with van der Waals surface area (Å²) in [6.07, 6.45) is 0.251. The molecule has 2 aromatic carbocycles. The molecule has 4 aromatic rings. The third-order valence-corrected chi connectivity index (χ3v) is 6.86. The van der Waals surface area contributed by atoms with E-state index in [1.54, 1.807) is 44.2 Å². The van der Waals surface area contributed by atoms with Crippen molar-refractivity contribution in [3.63, 3.8) is 0 Å².